The van der Waals surface area contributed by atoms with Gasteiger partial charge in [0.15, 0.2) is 5.58 Å². The third-order valence-corrected chi connectivity index (χ3v) is 9.61. The van der Waals surface area contributed by atoms with Crippen molar-refractivity contribution in [1.82, 2.24) is 10.3 Å². The first kappa shape index (κ1) is 34.0. The Morgan fingerprint density at radius 1 is 0.846 bits per heavy atom. The van der Waals surface area contributed by atoms with Crippen LogP contribution in [-0.4, -0.2) is 48.0 Å². The summed E-state index contributed by atoms with van der Waals surface area (Å²) in [5.74, 6) is -1.05. The van der Waals surface area contributed by atoms with Crippen molar-refractivity contribution in [1.29, 1.82) is 0 Å². The number of nitrogens with one attached hydrogen (secondary N) is 2. The summed E-state index contributed by atoms with van der Waals surface area (Å²) in [6, 6.07) is 37.7. The van der Waals surface area contributed by atoms with Crippen LogP contribution in [-0.2, 0) is 14.4 Å². The molecule has 5 aromatic carbocycles. The molecule has 1 unspecified atom stereocenters. The zero-order valence-corrected chi connectivity index (χ0v) is 29.1. The monoisotopic (exact) mass is 707 g/mol. The Hall–Kier alpha value is -6.46. The van der Waals surface area contributed by atoms with Crippen LogP contribution in [0.1, 0.15) is 22.3 Å². The van der Waals surface area contributed by atoms with Gasteiger partial charge in [-0.25, -0.2) is 9.88 Å². The van der Waals surface area contributed by atoms with E-state index in [1.54, 1.807) is 78.9 Å². The fourth-order valence-corrected chi connectivity index (χ4v) is 6.73. The van der Waals surface area contributed by atoms with Gasteiger partial charge in [-0.15, -0.1) is 11.8 Å². The lowest BCUT2D eigenvalue weighted by molar-refractivity contribution is -0.121. The molecule has 1 aromatic heterocycles. The number of carbonyl (C=O) groups is 4. The van der Waals surface area contributed by atoms with E-state index in [-0.39, 0.29) is 23.9 Å². The lowest BCUT2D eigenvalue weighted by Crippen LogP contribution is -2.31. The van der Waals surface area contributed by atoms with Crippen molar-refractivity contribution in [3.8, 4) is 11.5 Å². The third kappa shape index (κ3) is 7.49. The molecule has 258 valence electrons. The summed E-state index contributed by atoms with van der Waals surface area (Å²) in [5.41, 5.74) is 5.35. The van der Waals surface area contributed by atoms with Crippen molar-refractivity contribution in [3.05, 3.63) is 144 Å². The van der Waals surface area contributed by atoms with Crippen molar-refractivity contribution < 1.29 is 23.6 Å². The largest absolute Gasteiger partial charge is 0.436 e. The number of carbonyl (C=O) groups excluding carboxylic acids is 4. The van der Waals surface area contributed by atoms with Gasteiger partial charge in [-0.2, -0.15) is 0 Å². The summed E-state index contributed by atoms with van der Waals surface area (Å²) >= 11 is 1.29. The number of anilines is 3. The van der Waals surface area contributed by atoms with Crippen LogP contribution >= 0.6 is 11.8 Å². The SMILES string of the molecule is CN(C)c1ccc(/C=C(\NC(=O)c2ccccc2)C(=O)Nc2ccc(SC3CC(=O)N(c4ccc(-c5nc6ccccc6o5)cc4)C3=O)cc2)cc1. The molecule has 52 heavy (non-hydrogen) atoms. The summed E-state index contributed by atoms with van der Waals surface area (Å²) < 4.78 is 5.85. The molecule has 2 heterocycles. The number of nitrogens with zero attached hydrogens (tertiary/aromatic N) is 3. The summed E-state index contributed by atoms with van der Waals surface area (Å²) in [6.45, 7) is 0. The predicted octanol–water partition coefficient (Wildman–Crippen LogP) is 7.39. The van der Waals surface area contributed by atoms with Crippen molar-refractivity contribution in [2.75, 3.05) is 29.2 Å². The van der Waals surface area contributed by atoms with Crippen LogP contribution in [0.15, 0.2) is 142 Å². The van der Waals surface area contributed by atoms with Gasteiger partial charge in [-0.05, 0) is 96.6 Å². The molecule has 1 aliphatic rings. The van der Waals surface area contributed by atoms with Gasteiger partial charge in [0.25, 0.3) is 11.8 Å². The van der Waals surface area contributed by atoms with Gasteiger partial charge in [0.05, 0.1) is 10.9 Å². The van der Waals surface area contributed by atoms with Gasteiger partial charge in [-0.3, -0.25) is 19.2 Å². The first-order valence-electron chi connectivity index (χ1n) is 16.5. The van der Waals surface area contributed by atoms with Crippen LogP contribution in [0.25, 0.3) is 28.6 Å². The minimum atomic E-state index is -0.605. The molecule has 10 nitrogen and oxygen atoms in total. The van der Waals surface area contributed by atoms with Crippen molar-refractivity contribution in [2.45, 2.75) is 16.6 Å². The highest BCUT2D eigenvalue weighted by Crippen LogP contribution is 2.35. The number of oxazole rings is 1. The first-order chi connectivity index (χ1) is 25.2. The number of hydrogen-bond donors (Lipinski definition) is 2. The Balaban J connectivity index is 1.01. The lowest BCUT2D eigenvalue weighted by Gasteiger charge is -2.15. The molecule has 1 fully saturated rings. The Morgan fingerprint density at radius 2 is 1.54 bits per heavy atom. The fourth-order valence-electron chi connectivity index (χ4n) is 5.67. The van der Waals surface area contributed by atoms with Crippen molar-refractivity contribution in [2.24, 2.45) is 0 Å². The molecule has 2 N–H and O–H groups in total. The molecule has 11 heteroatoms. The van der Waals surface area contributed by atoms with Crippen LogP contribution < -0.4 is 20.4 Å². The minimum absolute atomic E-state index is 0.0552. The highest BCUT2D eigenvalue weighted by Gasteiger charge is 2.40. The van der Waals surface area contributed by atoms with E-state index in [1.807, 2.05) is 73.6 Å². The highest BCUT2D eigenvalue weighted by molar-refractivity contribution is 8.00. The standard InChI is InChI=1S/C41H33N5O5S/c1-45(2)30-18-12-26(13-19-30)24-34(43-38(48)27-8-4-3-5-9-27)39(49)42-29-16-22-32(23-17-29)52-36-25-37(47)46(41(36)50)31-20-14-28(15-21-31)40-44-33-10-6-7-11-35(33)51-40/h3-24,36H,25H2,1-2H3,(H,42,49)(H,43,48)/b34-24-. The molecule has 0 saturated carbocycles. The summed E-state index contributed by atoms with van der Waals surface area (Å²) in [5, 5.41) is 5.01. The molecule has 0 spiro atoms. The number of imide groups is 1. The van der Waals surface area contributed by atoms with E-state index in [4.69, 9.17) is 4.42 Å². The number of rotatable bonds is 10. The molecular weight excluding hydrogens is 675 g/mol. The molecular formula is C41H33N5O5S. The van der Waals surface area contributed by atoms with Gasteiger partial charge in [0.2, 0.25) is 17.7 Å². The number of aromatic nitrogens is 1. The van der Waals surface area contributed by atoms with Crippen LogP contribution in [0.4, 0.5) is 17.1 Å². The number of thioether (sulfide) groups is 1. The Kier molecular flexibility index (Phi) is 9.68. The molecule has 0 aliphatic carbocycles. The number of benzene rings is 5. The molecule has 4 amide bonds. The Labute approximate surface area is 304 Å². The maximum absolute atomic E-state index is 13.5. The van der Waals surface area contributed by atoms with E-state index >= 15 is 0 Å². The first-order valence-corrected chi connectivity index (χ1v) is 17.4. The van der Waals surface area contributed by atoms with Gasteiger partial charge in [0, 0.05) is 47.9 Å². The van der Waals surface area contributed by atoms with Gasteiger partial charge < -0.3 is 20.0 Å². The lowest BCUT2D eigenvalue weighted by atomic mass is 10.1. The second-order valence-electron chi connectivity index (χ2n) is 12.3. The Bertz CT molecular complexity index is 2270. The van der Waals surface area contributed by atoms with Crippen LogP contribution in [0, 0.1) is 0 Å². The predicted molar refractivity (Wildman–Crippen MR) is 204 cm³/mol. The van der Waals surface area contributed by atoms with Crippen molar-refractivity contribution >= 4 is 69.6 Å². The maximum Gasteiger partial charge on any atom is 0.272 e. The average molecular weight is 708 g/mol. The fraction of sp³-hybridized carbons (Fsp3) is 0.0976. The topological polar surface area (TPSA) is 125 Å². The second kappa shape index (κ2) is 14.8. The third-order valence-electron chi connectivity index (χ3n) is 8.41. The molecule has 6 aromatic rings. The number of para-hydroxylation sites is 2. The molecule has 7 rings (SSSR count). The van der Waals surface area contributed by atoms with Gasteiger partial charge in [0.1, 0.15) is 11.2 Å². The molecule has 1 saturated heterocycles. The highest BCUT2D eigenvalue weighted by atomic mass is 32.2. The van der Waals surface area contributed by atoms with E-state index < -0.39 is 17.1 Å². The van der Waals surface area contributed by atoms with E-state index in [0.29, 0.717) is 28.4 Å². The van der Waals surface area contributed by atoms with E-state index in [2.05, 4.69) is 15.6 Å². The molecule has 0 bridgehead atoms. The van der Waals surface area contributed by atoms with E-state index in [9.17, 15) is 19.2 Å². The number of amides is 4. The Morgan fingerprint density at radius 3 is 2.23 bits per heavy atom. The van der Waals surface area contributed by atoms with E-state index in [1.165, 1.54) is 16.7 Å². The van der Waals surface area contributed by atoms with Crippen LogP contribution in [0.3, 0.4) is 0 Å². The molecule has 1 atom stereocenters. The number of hydrogen-bond acceptors (Lipinski definition) is 8. The number of fused-ring (bicyclic) bond motifs is 1. The van der Waals surface area contributed by atoms with Crippen LogP contribution in [0.2, 0.25) is 0 Å². The second-order valence-corrected chi connectivity index (χ2v) is 13.5. The summed E-state index contributed by atoms with van der Waals surface area (Å²) in [7, 11) is 3.88. The van der Waals surface area contributed by atoms with E-state index in [0.717, 1.165) is 27.2 Å². The smallest absolute Gasteiger partial charge is 0.272 e. The maximum atomic E-state index is 13.5. The zero-order valence-electron chi connectivity index (χ0n) is 28.3. The van der Waals surface area contributed by atoms with Crippen LogP contribution in [0.5, 0.6) is 0 Å². The zero-order chi connectivity index (χ0) is 36.2. The summed E-state index contributed by atoms with van der Waals surface area (Å²) in [4.78, 5) is 61.4. The molecule has 0 radical (unpaired) electrons. The van der Waals surface area contributed by atoms with Crippen molar-refractivity contribution in [3.63, 3.8) is 0 Å². The average Bonchev–Trinajstić information content (AvgIpc) is 3.72. The minimum Gasteiger partial charge on any atom is -0.436 e. The normalized spacial score (nSPS) is 14.5. The quantitative estimate of drug-likeness (QED) is 0.112. The van der Waals surface area contributed by atoms with Gasteiger partial charge in [-0.1, -0.05) is 42.5 Å². The molecule has 1 aliphatic heterocycles. The summed E-state index contributed by atoms with van der Waals surface area (Å²) in [6.07, 6.45) is 1.68. The van der Waals surface area contributed by atoms with Gasteiger partial charge >= 0.3 is 0 Å².